The number of hydrogen-bond acceptors (Lipinski definition) is 4. The molecule has 0 radical (unpaired) electrons. The predicted molar refractivity (Wildman–Crippen MR) is 55.6 cm³/mol. The Balaban J connectivity index is 1.81. The molecule has 0 aromatic carbocycles. The summed E-state index contributed by atoms with van der Waals surface area (Å²) < 4.78 is 10.1. The van der Waals surface area contributed by atoms with Crippen LogP contribution in [0.1, 0.15) is 13.3 Å². The Morgan fingerprint density at radius 2 is 2.00 bits per heavy atom. The Bertz CT molecular complexity index is 286. The molecule has 1 aliphatic heterocycles. The maximum atomic E-state index is 11.9. The molecule has 0 N–H and O–H groups in total. The summed E-state index contributed by atoms with van der Waals surface area (Å²) in [7, 11) is 0. The molecule has 0 unspecified atom stereocenters. The van der Waals surface area contributed by atoms with Crippen LogP contribution in [0.15, 0.2) is 0 Å². The first-order chi connectivity index (χ1) is 7.74. The molecule has 2 fully saturated rings. The van der Waals surface area contributed by atoms with Crippen LogP contribution in [0, 0.1) is 11.8 Å². The second kappa shape index (κ2) is 4.82. The Labute approximate surface area is 94.7 Å². The highest BCUT2D eigenvalue weighted by Gasteiger charge is 2.50. The van der Waals surface area contributed by atoms with Crippen molar-refractivity contribution in [3.63, 3.8) is 0 Å². The average Bonchev–Trinajstić information content (AvgIpc) is 3.09. The molecule has 0 aromatic heterocycles. The fourth-order valence-corrected chi connectivity index (χ4v) is 2.00. The van der Waals surface area contributed by atoms with Gasteiger partial charge in [-0.3, -0.25) is 9.59 Å². The highest BCUT2D eigenvalue weighted by atomic mass is 16.5. The van der Waals surface area contributed by atoms with Crippen molar-refractivity contribution in [3.8, 4) is 0 Å². The number of hydrogen-bond donors (Lipinski definition) is 0. The van der Waals surface area contributed by atoms with Gasteiger partial charge in [0.05, 0.1) is 31.7 Å². The normalized spacial score (nSPS) is 28.7. The number of esters is 1. The smallest absolute Gasteiger partial charge is 0.309 e. The minimum absolute atomic E-state index is 0.0846. The lowest BCUT2D eigenvalue weighted by Gasteiger charge is -2.26. The van der Waals surface area contributed by atoms with Crippen LogP contribution >= 0.6 is 0 Å². The Hall–Kier alpha value is -1.10. The van der Waals surface area contributed by atoms with Crippen LogP contribution in [-0.2, 0) is 19.1 Å². The van der Waals surface area contributed by atoms with Gasteiger partial charge in [0.1, 0.15) is 0 Å². The minimum Gasteiger partial charge on any atom is -0.466 e. The van der Waals surface area contributed by atoms with Crippen molar-refractivity contribution in [1.29, 1.82) is 0 Å². The molecule has 5 nitrogen and oxygen atoms in total. The molecule has 2 rings (SSSR count). The molecule has 1 amide bonds. The van der Waals surface area contributed by atoms with Gasteiger partial charge in [0.25, 0.3) is 0 Å². The van der Waals surface area contributed by atoms with Gasteiger partial charge in [0.15, 0.2) is 0 Å². The summed E-state index contributed by atoms with van der Waals surface area (Å²) in [5.74, 6) is -0.483. The van der Waals surface area contributed by atoms with Crippen LogP contribution in [0.5, 0.6) is 0 Å². The third kappa shape index (κ3) is 2.35. The van der Waals surface area contributed by atoms with E-state index in [-0.39, 0.29) is 23.7 Å². The molecule has 2 aliphatic rings. The third-order valence-corrected chi connectivity index (χ3v) is 3.02. The average molecular weight is 227 g/mol. The van der Waals surface area contributed by atoms with Crippen molar-refractivity contribution >= 4 is 11.9 Å². The summed E-state index contributed by atoms with van der Waals surface area (Å²) in [4.78, 5) is 25.1. The quantitative estimate of drug-likeness (QED) is 0.639. The zero-order valence-electron chi connectivity index (χ0n) is 9.48. The summed E-state index contributed by atoms with van der Waals surface area (Å²) in [6, 6.07) is 0. The summed E-state index contributed by atoms with van der Waals surface area (Å²) in [5.41, 5.74) is 0. The van der Waals surface area contributed by atoms with Gasteiger partial charge in [-0.25, -0.2) is 0 Å². The van der Waals surface area contributed by atoms with Gasteiger partial charge < -0.3 is 14.4 Å². The number of ether oxygens (including phenoxy) is 2. The molecular formula is C11H17NO4. The number of carbonyl (C=O) groups is 2. The molecule has 5 heteroatoms. The van der Waals surface area contributed by atoms with E-state index < -0.39 is 0 Å². The molecule has 2 atom stereocenters. The lowest BCUT2D eigenvalue weighted by molar-refractivity contribution is -0.147. The Morgan fingerprint density at radius 1 is 1.31 bits per heavy atom. The maximum Gasteiger partial charge on any atom is 0.309 e. The highest BCUT2D eigenvalue weighted by Crippen LogP contribution is 2.41. The van der Waals surface area contributed by atoms with Crippen LogP contribution < -0.4 is 0 Å². The summed E-state index contributed by atoms with van der Waals surface area (Å²) in [6.45, 7) is 4.65. The van der Waals surface area contributed by atoms with Crippen LogP contribution in [0.3, 0.4) is 0 Å². The summed E-state index contributed by atoms with van der Waals surface area (Å²) >= 11 is 0. The largest absolute Gasteiger partial charge is 0.466 e. The van der Waals surface area contributed by atoms with Gasteiger partial charge in [0.2, 0.25) is 5.91 Å². The molecule has 0 bridgehead atoms. The van der Waals surface area contributed by atoms with E-state index in [1.54, 1.807) is 11.8 Å². The van der Waals surface area contributed by atoms with E-state index in [4.69, 9.17) is 9.47 Å². The predicted octanol–water partition coefficient (Wildman–Crippen LogP) is 0.0444. The van der Waals surface area contributed by atoms with Crippen molar-refractivity contribution in [3.05, 3.63) is 0 Å². The number of rotatable bonds is 3. The summed E-state index contributed by atoms with van der Waals surface area (Å²) in [6.07, 6.45) is 0.648. The first-order valence-electron chi connectivity index (χ1n) is 5.77. The third-order valence-electron chi connectivity index (χ3n) is 3.02. The minimum atomic E-state index is -0.228. The number of amides is 1. The van der Waals surface area contributed by atoms with Gasteiger partial charge in [0, 0.05) is 13.1 Å². The van der Waals surface area contributed by atoms with E-state index >= 15 is 0 Å². The van der Waals surface area contributed by atoms with Crippen LogP contribution in [0.25, 0.3) is 0 Å². The molecule has 0 spiro atoms. The van der Waals surface area contributed by atoms with Crippen molar-refractivity contribution in [2.24, 2.45) is 11.8 Å². The van der Waals surface area contributed by atoms with Gasteiger partial charge in [-0.2, -0.15) is 0 Å². The van der Waals surface area contributed by atoms with Crippen LogP contribution in [-0.4, -0.2) is 49.7 Å². The van der Waals surface area contributed by atoms with Crippen LogP contribution in [0.2, 0.25) is 0 Å². The summed E-state index contributed by atoms with van der Waals surface area (Å²) in [5, 5.41) is 0. The SMILES string of the molecule is CCOC(=O)[C@H]1C[C@@H]1C(=O)N1CCOCC1. The monoisotopic (exact) mass is 227 g/mol. The zero-order chi connectivity index (χ0) is 11.5. The van der Waals surface area contributed by atoms with Gasteiger partial charge in [-0.1, -0.05) is 0 Å². The molecule has 1 saturated heterocycles. The second-order valence-corrected chi connectivity index (χ2v) is 4.14. The first-order valence-corrected chi connectivity index (χ1v) is 5.77. The van der Waals surface area contributed by atoms with Crippen molar-refractivity contribution in [2.45, 2.75) is 13.3 Å². The first kappa shape index (κ1) is 11.4. The maximum absolute atomic E-state index is 11.9. The highest BCUT2D eigenvalue weighted by molar-refractivity contribution is 5.90. The molecule has 90 valence electrons. The van der Waals surface area contributed by atoms with E-state index in [2.05, 4.69) is 0 Å². The van der Waals surface area contributed by atoms with E-state index in [1.165, 1.54) is 0 Å². The molecule has 1 saturated carbocycles. The molecule has 1 heterocycles. The fraction of sp³-hybridized carbons (Fsp3) is 0.818. The van der Waals surface area contributed by atoms with E-state index in [0.29, 0.717) is 39.3 Å². The van der Waals surface area contributed by atoms with E-state index in [9.17, 15) is 9.59 Å². The lowest BCUT2D eigenvalue weighted by atomic mass is 10.2. The number of nitrogens with zero attached hydrogens (tertiary/aromatic N) is 1. The zero-order valence-corrected chi connectivity index (χ0v) is 9.48. The molecule has 1 aliphatic carbocycles. The molecule has 0 aromatic rings. The molecular weight excluding hydrogens is 210 g/mol. The Morgan fingerprint density at radius 3 is 2.62 bits per heavy atom. The lowest BCUT2D eigenvalue weighted by Crippen LogP contribution is -2.42. The van der Waals surface area contributed by atoms with Crippen molar-refractivity contribution < 1.29 is 19.1 Å². The number of morpholine rings is 1. The van der Waals surface area contributed by atoms with E-state index in [1.807, 2.05) is 0 Å². The van der Waals surface area contributed by atoms with Crippen molar-refractivity contribution in [1.82, 2.24) is 4.90 Å². The number of carbonyl (C=O) groups excluding carboxylic acids is 2. The fourth-order valence-electron chi connectivity index (χ4n) is 2.00. The van der Waals surface area contributed by atoms with Crippen LogP contribution in [0.4, 0.5) is 0 Å². The standard InChI is InChI=1S/C11H17NO4/c1-2-16-11(14)9-7-8(9)10(13)12-3-5-15-6-4-12/h8-9H,2-7H2,1H3/t8-,9-/m0/s1. The van der Waals surface area contributed by atoms with Gasteiger partial charge in [-0.05, 0) is 13.3 Å². The van der Waals surface area contributed by atoms with Gasteiger partial charge in [-0.15, -0.1) is 0 Å². The Kier molecular flexibility index (Phi) is 3.43. The van der Waals surface area contributed by atoms with Crippen molar-refractivity contribution in [2.75, 3.05) is 32.9 Å². The second-order valence-electron chi connectivity index (χ2n) is 4.14. The van der Waals surface area contributed by atoms with E-state index in [0.717, 1.165) is 0 Å². The van der Waals surface area contributed by atoms with Gasteiger partial charge >= 0.3 is 5.97 Å². The topological polar surface area (TPSA) is 55.8 Å². The molecule has 16 heavy (non-hydrogen) atoms.